The second-order valence-corrected chi connectivity index (χ2v) is 4.54. The Hall–Kier alpha value is -0.0400. The zero-order valence-electron chi connectivity index (χ0n) is 10.1. The van der Waals surface area contributed by atoms with Crippen LogP contribution in [-0.4, -0.2) is 6.61 Å². The minimum atomic E-state index is 0.108. The smallest absolute Gasteiger partial charge is 0.0847 e. The monoisotopic (exact) mass is 199 g/mol. The molecule has 0 amide bonds. The molecule has 1 radical (unpaired) electrons. The normalized spacial score (nSPS) is 13.1. The van der Waals surface area contributed by atoms with Gasteiger partial charge in [0.15, 0.2) is 0 Å². The van der Waals surface area contributed by atoms with Crippen LogP contribution in [0.2, 0.25) is 0 Å². The van der Waals surface area contributed by atoms with Gasteiger partial charge < -0.3 is 0 Å². The molecule has 0 aliphatic carbocycles. The molecule has 14 heavy (non-hydrogen) atoms. The lowest BCUT2D eigenvalue weighted by atomic mass is 10.0. The van der Waals surface area contributed by atoms with Crippen LogP contribution in [0.4, 0.5) is 0 Å². The van der Waals surface area contributed by atoms with Gasteiger partial charge in [-0.3, -0.25) is 0 Å². The lowest BCUT2D eigenvalue weighted by Gasteiger charge is -2.05. The minimum absolute atomic E-state index is 0.108. The van der Waals surface area contributed by atoms with Gasteiger partial charge in [0.25, 0.3) is 0 Å². The third kappa shape index (κ3) is 10.0. The van der Waals surface area contributed by atoms with Crippen molar-refractivity contribution in [2.24, 2.45) is 5.92 Å². The predicted octanol–water partition coefficient (Wildman–Crippen LogP) is 4.58. The summed E-state index contributed by atoms with van der Waals surface area (Å²) in [5.41, 5.74) is 0. The van der Waals surface area contributed by atoms with Gasteiger partial charge in [-0.1, -0.05) is 65.2 Å². The lowest BCUT2D eigenvalue weighted by molar-refractivity contribution is 0.145. The number of unbranched alkanes of at least 4 members (excludes halogenated alkanes) is 7. The van der Waals surface area contributed by atoms with Crippen molar-refractivity contribution in [3.05, 3.63) is 0 Å². The first kappa shape index (κ1) is 14.0. The van der Waals surface area contributed by atoms with Crippen molar-refractivity contribution in [3.8, 4) is 0 Å². The highest BCUT2D eigenvalue weighted by atomic mass is 16.3. The molecule has 0 aromatic rings. The van der Waals surface area contributed by atoms with E-state index in [1.807, 2.05) is 0 Å². The van der Waals surface area contributed by atoms with Gasteiger partial charge in [0.1, 0.15) is 0 Å². The Balaban J connectivity index is 2.92. The van der Waals surface area contributed by atoms with Gasteiger partial charge in [0, 0.05) is 0 Å². The van der Waals surface area contributed by atoms with E-state index in [0.29, 0.717) is 5.92 Å². The van der Waals surface area contributed by atoms with Crippen LogP contribution in [0.25, 0.3) is 0 Å². The summed E-state index contributed by atoms with van der Waals surface area (Å²) in [6.45, 7) is 4.43. The summed E-state index contributed by atoms with van der Waals surface area (Å²) in [7, 11) is 0. The fourth-order valence-corrected chi connectivity index (χ4v) is 1.71. The van der Waals surface area contributed by atoms with Gasteiger partial charge in [-0.25, -0.2) is 5.11 Å². The van der Waals surface area contributed by atoms with Gasteiger partial charge in [0.05, 0.1) is 6.61 Å². The van der Waals surface area contributed by atoms with Crippen molar-refractivity contribution >= 4 is 0 Å². The maximum absolute atomic E-state index is 10.5. The van der Waals surface area contributed by atoms with E-state index in [2.05, 4.69) is 13.8 Å². The molecule has 1 unspecified atom stereocenters. The Morgan fingerprint density at radius 3 is 1.86 bits per heavy atom. The highest BCUT2D eigenvalue weighted by Crippen LogP contribution is 2.12. The van der Waals surface area contributed by atoms with Crippen molar-refractivity contribution in [1.29, 1.82) is 0 Å². The molecule has 0 aromatic heterocycles. The van der Waals surface area contributed by atoms with Crippen LogP contribution >= 0.6 is 0 Å². The summed E-state index contributed by atoms with van der Waals surface area (Å²) in [6.07, 6.45) is 12.0. The van der Waals surface area contributed by atoms with Gasteiger partial charge in [-0.05, 0) is 12.3 Å². The summed E-state index contributed by atoms with van der Waals surface area (Å²) in [5.74, 6) is 0.398. The Bertz CT molecular complexity index is 101. The molecule has 0 spiro atoms. The predicted molar refractivity (Wildman–Crippen MR) is 61.9 cm³/mol. The zero-order chi connectivity index (χ0) is 10.6. The zero-order valence-corrected chi connectivity index (χ0v) is 10.1. The van der Waals surface area contributed by atoms with Crippen LogP contribution in [-0.2, 0) is 5.11 Å². The Labute approximate surface area is 89.9 Å². The van der Waals surface area contributed by atoms with Crippen molar-refractivity contribution in [2.45, 2.75) is 71.6 Å². The van der Waals surface area contributed by atoms with E-state index in [1.165, 1.54) is 51.4 Å². The quantitative estimate of drug-likeness (QED) is 0.459. The molecule has 0 heterocycles. The van der Waals surface area contributed by atoms with Crippen molar-refractivity contribution in [2.75, 3.05) is 6.61 Å². The van der Waals surface area contributed by atoms with Gasteiger partial charge in [-0.15, -0.1) is 0 Å². The summed E-state index contributed by atoms with van der Waals surface area (Å²) >= 11 is 0. The maximum Gasteiger partial charge on any atom is 0.0847 e. The number of hydrogen-bond donors (Lipinski definition) is 0. The second-order valence-electron chi connectivity index (χ2n) is 4.54. The highest BCUT2D eigenvalue weighted by Gasteiger charge is 1.99. The van der Waals surface area contributed by atoms with Gasteiger partial charge >= 0.3 is 0 Å². The van der Waals surface area contributed by atoms with Crippen LogP contribution in [0, 0.1) is 5.92 Å². The number of rotatable bonds is 10. The van der Waals surface area contributed by atoms with Crippen molar-refractivity contribution in [1.82, 2.24) is 0 Å². The molecule has 0 bridgehead atoms. The Morgan fingerprint density at radius 1 is 0.857 bits per heavy atom. The molecule has 0 N–H and O–H groups in total. The first-order valence-corrected chi connectivity index (χ1v) is 6.39. The number of hydrogen-bond acceptors (Lipinski definition) is 0. The molecule has 0 aromatic carbocycles. The molecule has 0 saturated carbocycles. The van der Waals surface area contributed by atoms with E-state index in [9.17, 15) is 5.11 Å². The molecule has 0 aliphatic rings. The first-order chi connectivity index (χ1) is 6.81. The Morgan fingerprint density at radius 2 is 1.36 bits per heavy atom. The molecule has 0 fully saturated rings. The summed E-state index contributed by atoms with van der Waals surface area (Å²) in [6, 6.07) is 0. The summed E-state index contributed by atoms with van der Waals surface area (Å²) < 4.78 is 0. The molecule has 1 heteroatoms. The average molecular weight is 199 g/mol. The molecular formula is C13H27O. The second kappa shape index (κ2) is 11.0. The lowest BCUT2D eigenvalue weighted by Crippen LogP contribution is -1.98. The molecular weight excluding hydrogens is 172 g/mol. The van der Waals surface area contributed by atoms with Crippen LogP contribution in [0.1, 0.15) is 71.6 Å². The largest absolute Gasteiger partial charge is 0.236 e. The van der Waals surface area contributed by atoms with E-state index in [-0.39, 0.29) is 6.61 Å². The van der Waals surface area contributed by atoms with Crippen LogP contribution in [0.15, 0.2) is 0 Å². The fourth-order valence-electron chi connectivity index (χ4n) is 1.71. The highest BCUT2D eigenvalue weighted by molar-refractivity contribution is 4.51. The van der Waals surface area contributed by atoms with E-state index >= 15 is 0 Å². The van der Waals surface area contributed by atoms with Crippen LogP contribution in [0.3, 0.4) is 0 Å². The van der Waals surface area contributed by atoms with Gasteiger partial charge in [0.2, 0.25) is 0 Å². The summed E-state index contributed by atoms with van der Waals surface area (Å²) in [4.78, 5) is 0. The third-order valence-corrected chi connectivity index (χ3v) is 2.83. The van der Waals surface area contributed by atoms with E-state index in [0.717, 1.165) is 6.42 Å². The molecule has 0 saturated heterocycles. The topological polar surface area (TPSA) is 19.9 Å². The van der Waals surface area contributed by atoms with Crippen molar-refractivity contribution < 1.29 is 5.11 Å². The SMILES string of the molecule is CCCCCCCCCCC(C)C[O]. The standard InChI is InChI=1S/C13H27O/c1-3-4-5-6-7-8-9-10-11-13(2)12-14/h13H,3-12H2,1-2H3. The maximum atomic E-state index is 10.5. The van der Waals surface area contributed by atoms with E-state index in [4.69, 9.17) is 0 Å². The Kier molecular flexibility index (Phi) is 11.0. The average Bonchev–Trinajstić information content (AvgIpc) is 2.21. The molecule has 1 nitrogen and oxygen atoms in total. The van der Waals surface area contributed by atoms with E-state index < -0.39 is 0 Å². The molecule has 0 rings (SSSR count). The van der Waals surface area contributed by atoms with Crippen LogP contribution in [0.5, 0.6) is 0 Å². The fraction of sp³-hybridized carbons (Fsp3) is 1.00. The van der Waals surface area contributed by atoms with Gasteiger partial charge in [-0.2, -0.15) is 0 Å². The third-order valence-electron chi connectivity index (χ3n) is 2.83. The van der Waals surface area contributed by atoms with E-state index in [1.54, 1.807) is 0 Å². The molecule has 0 aliphatic heterocycles. The minimum Gasteiger partial charge on any atom is -0.236 e. The van der Waals surface area contributed by atoms with Crippen LogP contribution < -0.4 is 0 Å². The first-order valence-electron chi connectivity index (χ1n) is 6.39. The summed E-state index contributed by atoms with van der Waals surface area (Å²) in [5, 5.41) is 10.5. The molecule has 85 valence electrons. The molecule has 1 atom stereocenters. The van der Waals surface area contributed by atoms with Crippen molar-refractivity contribution in [3.63, 3.8) is 0 Å².